The van der Waals surface area contributed by atoms with Crippen molar-refractivity contribution < 1.29 is 17.9 Å². The van der Waals surface area contributed by atoms with Crippen molar-refractivity contribution in [3.63, 3.8) is 0 Å². The summed E-state index contributed by atoms with van der Waals surface area (Å²) in [5.74, 6) is 0.746. The zero-order valence-electron chi connectivity index (χ0n) is 16.2. The van der Waals surface area contributed by atoms with E-state index in [1.807, 2.05) is 32.0 Å². The molecule has 0 saturated heterocycles. The van der Waals surface area contributed by atoms with Crippen molar-refractivity contribution in [3.05, 3.63) is 52.2 Å². The minimum Gasteiger partial charge on any atom is -0.325 e. The normalized spacial score (nSPS) is 12.3. The maximum absolute atomic E-state index is 12.4. The van der Waals surface area contributed by atoms with E-state index in [0.717, 1.165) is 16.6 Å². The Morgan fingerprint density at radius 1 is 1.18 bits per heavy atom. The molecule has 3 rings (SSSR count). The SMILES string of the molecule is Cc1cc(-c2ccc3nc(C(C)C)n(CCOC(F)(F)F)c3c2)cn(C)c1=O. The van der Waals surface area contributed by atoms with Gasteiger partial charge in [-0.2, -0.15) is 0 Å². The van der Waals surface area contributed by atoms with Gasteiger partial charge in [-0.05, 0) is 36.2 Å². The molecule has 0 spiro atoms. The van der Waals surface area contributed by atoms with Crippen LogP contribution in [0.4, 0.5) is 13.2 Å². The number of fused-ring (bicyclic) bond motifs is 1. The van der Waals surface area contributed by atoms with Crippen LogP contribution in [0.5, 0.6) is 0 Å². The molecule has 0 N–H and O–H groups in total. The van der Waals surface area contributed by atoms with Crippen LogP contribution >= 0.6 is 0 Å². The summed E-state index contributed by atoms with van der Waals surface area (Å²) in [6.07, 6.45) is -2.92. The van der Waals surface area contributed by atoms with E-state index >= 15 is 0 Å². The van der Waals surface area contributed by atoms with Gasteiger partial charge in [-0.1, -0.05) is 19.9 Å². The second-order valence-electron chi connectivity index (χ2n) is 7.10. The van der Waals surface area contributed by atoms with Crippen molar-refractivity contribution in [1.82, 2.24) is 14.1 Å². The molecule has 2 heterocycles. The van der Waals surface area contributed by atoms with E-state index in [9.17, 15) is 18.0 Å². The molecular weight excluding hydrogens is 371 g/mol. The van der Waals surface area contributed by atoms with Gasteiger partial charge in [-0.25, -0.2) is 4.98 Å². The predicted molar refractivity (Wildman–Crippen MR) is 101 cm³/mol. The third-order valence-electron chi connectivity index (χ3n) is 4.57. The maximum Gasteiger partial charge on any atom is 0.522 e. The summed E-state index contributed by atoms with van der Waals surface area (Å²) in [6, 6.07) is 7.44. The fourth-order valence-electron chi connectivity index (χ4n) is 3.28. The van der Waals surface area contributed by atoms with Crippen molar-refractivity contribution in [2.75, 3.05) is 6.61 Å². The monoisotopic (exact) mass is 393 g/mol. The molecule has 0 aliphatic rings. The van der Waals surface area contributed by atoms with Crippen LogP contribution in [-0.4, -0.2) is 27.1 Å². The first kappa shape index (κ1) is 20.1. The lowest BCUT2D eigenvalue weighted by molar-refractivity contribution is -0.325. The van der Waals surface area contributed by atoms with Crippen LogP contribution in [0.15, 0.2) is 35.3 Å². The quantitative estimate of drug-likeness (QED) is 0.647. The molecule has 0 radical (unpaired) electrons. The van der Waals surface area contributed by atoms with Gasteiger partial charge in [0, 0.05) is 31.3 Å². The zero-order valence-corrected chi connectivity index (χ0v) is 16.2. The number of hydrogen-bond acceptors (Lipinski definition) is 3. The molecule has 0 aliphatic heterocycles. The summed E-state index contributed by atoms with van der Waals surface area (Å²) in [6.45, 7) is 5.19. The van der Waals surface area contributed by atoms with E-state index in [1.54, 1.807) is 30.8 Å². The van der Waals surface area contributed by atoms with Crippen LogP contribution in [0, 0.1) is 6.92 Å². The van der Waals surface area contributed by atoms with Crippen LogP contribution in [0.2, 0.25) is 0 Å². The second kappa shape index (κ2) is 7.43. The van der Waals surface area contributed by atoms with Crippen molar-refractivity contribution in [2.45, 2.75) is 39.6 Å². The molecule has 0 saturated carbocycles. The molecule has 3 aromatic rings. The Balaban J connectivity index is 2.07. The number of halogens is 3. The Morgan fingerprint density at radius 2 is 1.89 bits per heavy atom. The van der Waals surface area contributed by atoms with Gasteiger partial charge in [0.05, 0.1) is 17.6 Å². The number of alkyl halides is 3. The Hall–Kier alpha value is -2.61. The highest BCUT2D eigenvalue weighted by atomic mass is 19.4. The summed E-state index contributed by atoms with van der Waals surface area (Å²) < 4.78 is 44.4. The topological polar surface area (TPSA) is 49.0 Å². The lowest BCUT2D eigenvalue weighted by atomic mass is 10.1. The van der Waals surface area contributed by atoms with Crippen LogP contribution < -0.4 is 5.56 Å². The minimum absolute atomic E-state index is 0.0410. The average Bonchev–Trinajstić information content (AvgIpc) is 2.96. The van der Waals surface area contributed by atoms with E-state index in [-0.39, 0.29) is 18.0 Å². The average molecular weight is 393 g/mol. The van der Waals surface area contributed by atoms with Gasteiger partial charge in [0.25, 0.3) is 5.56 Å². The van der Waals surface area contributed by atoms with Gasteiger partial charge < -0.3 is 9.13 Å². The lowest BCUT2D eigenvalue weighted by Gasteiger charge is -2.13. The van der Waals surface area contributed by atoms with Gasteiger partial charge in [0.15, 0.2) is 0 Å². The predicted octanol–water partition coefficient (Wildman–Crippen LogP) is 4.37. The number of hydrogen-bond donors (Lipinski definition) is 0. The summed E-state index contributed by atoms with van der Waals surface area (Å²) in [5.41, 5.74) is 3.71. The van der Waals surface area contributed by atoms with Gasteiger partial charge in [-0.15, -0.1) is 13.2 Å². The fraction of sp³-hybridized carbons (Fsp3) is 0.400. The highest BCUT2D eigenvalue weighted by Gasteiger charge is 2.29. The largest absolute Gasteiger partial charge is 0.522 e. The molecule has 0 fully saturated rings. The first-order chi connectivity index (χ1) is 13.1. The van der Waals surface area contributed by atoms with E-state index in [4.69, 9.17) is 0 Å². The Morgan fingerprint density at radius 3 is 2.50 bits per heavy atom. The smallest absolute Gasteiger partial charge is 0.325 e. The number of imidazole rings is 1. The van der Waals surface area contributed by atoms with Crippen molar-refractivity contribution >= 4 is 11.0 Å². The molecule has 28 heavy (non-hydrogen) atoms. The molecule has 8 heteroatoms. The Labute approximate surface area is 160 Å². The van der Waals surface area contributed by atoms with E-state index in [2.05, 4.69) is 9.72 Å². The van der Waals surface area contributed by atoms with Gasteiger partial charge in [0.2, 0.25) is 0 Å². The zero-order chi connectivity index (χ0) is 20.6. The summed E-state index contributed by atoms with van der Waals surface area (Å²) in [4.78, 5) is 16.5. The highest BCUT2D eigenvalue weighted by molar-refractivity contribution is 5.82. The molecule has 0 aliphatic carbocycles. The summed E-state index contributed by atoms with van der Waals surface area (Å²) in [7, 11) is 1.69. The standard InChI is InChI=1S/C20H22F3N3O2/c1-12(2)18-24-16-6-5-14(15-9-13(3)19(27)25(4)11-15)10-17(16)26(18)7-8-28-20(21,22)23/h5-6,9-12H,7-8H2,1-4H3. The van der Waals surface area contributed by atoms with Crippen molar-refractivity contribution in [1.29, 1.82) is 0 Å². The first-order valence-electron chi connectivity index (χ1n) is 8.95. The van der Waals surface area contributed by atoms with Crippen LogP contribution in [-0.2, 0) is 18.3 Å². The van der Waals surface area contributed by atoms with Gasteiger partial charge >= 0.3 is 6.36 Å². The number of rotatable bonds is 5. The minimum atomic E-state index is -4.66. The van der Waals surface area contributed by atoms with Gasteiger partial charge in [-0.3, -0.25) is 9.53 Å². The number of ether oxygens (including phenoxy) is 1. The third-order valence-corrected chi connectivity index (χ3v) is 4.57. The third kappa shape index (κ3) is 4.11. The number of nitrogens with zero attached hydrogens (tertiary/aromatic N) is 3. The molecule has 2 aromatic heterocycles. The molecule has 150 valence electrons. The molecule has 0 bridgehead atoms. The fourth-order valence-corrected chi connectivity index (χ4v) is 3.28. The molecular formula is C20H22F3N3O2. The molecule has 1 aromatic carbocycles. The van der Waals surface area contributed by atoms with E-state index in [1.165, 1.54) is 4.57 Å². The molecule has 0 unspecified atom stereocenters. The van der Waals surface area contributed by atoms with Crippen molar-refractivity contribution in [2.24, 2.45) is 7.05 Å². The molecule has 0 amide bonds. The van der Waals surface area contributed by atoms with Gasteiger partial charge in [0.1, 0.15) is 5.82 Å². The molecule has 5 nitrogen and oxygen atoms in total. The summed E-state index contributed by atoms with van der Waals surface area (Å²) in [5, 5.41) is 0. The number of benzene rings is 1. The van der Waals surface area contributed by atoms with Crippen LogP contribution in [0.1, 0.15) is 31.2 Å². The van der Waals surface area contributed by atoms with Crippen LogP contribution in [0.3, 0.4) is 0 Å². The van der Waals surface area contributed by atoms with Crippen molar-refractivity contribution in [3.8, 4) is 11.1 Å². The maximum atomic E-state index is 12.4. The molecule has 0 atom stereocenters. The Kier molecular flexibility index (Phi) is 5.34. The van der Waals surface area contributed by atoms with E-state index in [0.29, 0.717) is 16.9 Å². The second-order valence-corrected chi connectivity index (χ2v) is 7.10. The number of pyridine rings is 1. The lowest BCUT2D eigenvalue weighted by Crippen LogP contribution is -2.18. The highest BCUT2D eigenvalue weighted by Crippen LogP contribution is 2.28. The first-order valence-corrected chi connectivity index (χ1v) is 8.95. The number of aryl methyl sites for hydroxylation is 2. The summed E-state index contributed by atoms with van der Waals surface area (Å²) >= 11 is 0. The number of aromatic nitrogens is 3. The van der Waals surface area contributed by atoms with E-state index < -0.39 is 13.0 Å². The Bertz CT molecular complexity index is 1040. The van der Waals surface area contributed by atoms with Crippen LogP contribution in [0.25, 0.3) is 22.2 Å².